The summed E-state index contributed by atoms with van der Waals surface area (Å²) in [6.07, 6.45) is 1.02. The highest BCUT2D eigenvalue weighted by atomic mass is 79.9. The Bertz CT molecular complexity index is 333. The Morgan fingerprint density at radius 2 is 2.25 bits per heavy atom. The molecule has 4 heteroatoms. The van der Waals surface area contributed by atoms with Crippen molar-refractivity contribution >= 4 is 27.5 Å². The smallest absolute Gasteiger partial charge is 0.137 e. The highest BCUT2D eigenvalue weighted by molar-refractivity contribution is 9.10. The van der Waals surface area contributed by atoms with E-state index in [9.17, 15) is 4.39 Å². The predicted molar refractivity (Wildman–Crippen MR) is 70.3 cm³/mol. The quantitative estimate of drug-likeness (QED) is 0.785. The molecule has 1 N–H and O–H groups in total. The molecule has 1 unspecified atom stereocenters. The Kier molecular flexibility index (Phi) is 6.32. The van der Waals surface area contributed by atoms with Crippen LogP contribution in [-0.4, -0.2) is 12.4 Å². The van der Waals surface area contributed by atoms with Gasteiger partial charge >= 0.3 is 0 Å². The van der Waals surface area contributed by atoms with Gasteiger partial charge in [0.1, 0.15) is 5.82 Å². The fourth-order valence-corrected chi connectivity index (χ4v) is 2.20. The van der Waals surface area contributed by atoms with Gasteiger partial charge in [-0.15, -0.1) is 11.6 Å². The van der Waals surface area contributed by atoms with Gasteiger partial charge in [-0.05, 0) is 52.5 Å². The van der Waals surface area contributed by atoms with Crippen molar-refractivity contribution in [3.05, 3.63) is 34.1 Å². The largest absolute Gasteiger partial charge is 0.312 e. The summed E-state index contributed by atoms with van der Waals surface area (Å²) in [6, 6.07) is 5.07. The van der Waals surface area contributed by atoms with Crippen molar-refractivity contribution in [3.63, 3.8) is 0 Å². The molecule has 1 aromatic rings. The van der Waals surface area contributed by atoms with Crippen molar-refractivity contribution in [2.24, 2.45) is 5.92 Å². The highest BCUT2D eigenvalue weighted by Crippen LogP contribution is 2.16. The van der Waals surface area contributed by atoms with Crippen LogP contribution >= 0.6 is 27.5 Å². The zero-order chi connectivity index (χ0) is 12.0. The molecule has 0 aliphatic heterocycles. The van der Waals surface area contributed by atoms with Gasteiger partial charge in [-0.25, -0.2) is 4.39 Å². The topological polar surface area (TPSA) is 12.0 Å². The van der Waals surface area contributed by atoms with E-state index in [4.69, 9.17) is 11.6 Å². The van der Waals surface area contributed by atoms with Crippen molar-refractivity contribution in [2.45, 2.75) is 19.9 Å². The van der Waals surface area contributed by atoms with E-state index in [1.54, 1.807) is 12.1 Å². The average molecular weight is 309 g/mol. The number of rotatable bonds is 6. The molecule has 1 aromatic carbocycles. The molecular weight excluding hydrogens is 292 g/mol. The fraction of sp³-hybridized carbons (Fsp3) is 0.500. The van der Waals surface area contributed by atoms with Gasteiger partial charge in [0.15, 0.2) is 0 Å². The predicted octanol–water partition coefficient (Wildman–Crippen LogP) is 3.94. The van der Waals surface area contributed by atoms with Crippen LogP contribution in [0.4, 0.5) is 4.39 Å². The summed E-state index contributed by atoms with van der Waals surface area (Å²) in [4.78, 5) is 0. The lowest BCUT2D eigenvalue weighted by atomic mass is 10.1. The van der Waals surface area contributed by atoms with Crippen LogP contribution in [0.2, 0.25) is 0 Å². The van der Waals surface area contributed by atoms with E-state index < -0.39 is 0 Å². The van der Waals surface area contributed by atoms with Gasteiger partial charge < -0.3 is 5.32 Å². The first-order valence-electron chi connectivity index (χ1n) is 5.34. The van der Waals surface area contributed by atoms with Gasteiger partial charge in [-0.3, -0.25) is 0 Å². The standard InChI is InChI=1S/C12H16BrClFN/c1-9(4-5-14)7-16-8-10-2-3-12(15)11(13)6-10/h2-3,6,9,16H,4-5,7-8H2,1H3. The Morgan fingerprint density at radius 3 is 2.88 bits per heavy atom. The number of hydrogen-bond donors (Lipinski definition) is 1. The zero-order valence-corrected chi connectivity index (χ0v) is 11.6. The SMILES string of the molecule is CC(CCCl)CNCc1ccc(F)c(Br)c1. The van der Waals surface area contributed by atoms with Crippen LogP contribution in [0.3, 0.4) is 0 Å². The maximum absolute atomic E-state index is 13.0. The van der Waals surface area contributed by atoms with Crippen molar-refractivity contribution < 1.29 is 4.39 Å². The summed E-state index contributed by atoms with van der Waals surface area (Å²) < 4.78 is 13.5. The van der Waals surface area contributed by atoms with Crippen LogP contribution in [0.5, 0.6) is 0 Å². The number of halogens is 3. The van der Waals surface area contributed by atoms with Crippen LogP contribution in [-0.2, 0) is 6.54 Å². The number of alkyl halides is 1. The second-order valence-electron chi connectivity index (χ2n) is 3.96. The molecular formula is C12H16BrClFN. The first kappa shape index (κ1) is 13.9. The van der Waals surface area contributed by atoms with Gasteiger partial charge in [0.25, 0.3) is 0 Å². The number of hydrogen-bond acceptors (Lipinski definition) is 1. The van der Waals surface area contributed by atoms with E-state index in [0.717, 1.165) is 25.1 Å². The Labute approximate surface area is 110 Å². The molecule has 0 aliphatic rings. The lowest BCUT2D eigenvalue weighted by Gasteiger charge is -2.11. The Morgan fingerprint density at radius 1 is 1.50 bits per heavy atom. The molecule has 0 saturated carbocycles. The summed E-state index contributed by atoms with van der Waals surface area (Å²) in [5, 5.41) is 3.33. The molecule has 90 valence electrons. The van der Waals surface area contributed by atoms with E-state index in [2.05, 4.69) is 28.2 Å². The van der Waals surface area contributed by atoms with Crippen LogP contribution in [0.15, 0.2) is 22.7 Å². The van der Waals surface area contributed by atoms with Crippen molar-refractivity contribution in [3.8, 4) is 0 Å². The maximum Gasteiger partial charge on any atom is 0.137 e. The average Bonchev–Trinajstić information content (AvgIpc) is 2.24. The van der Waals surface area contributed by atoms with E-state index in [1.807, 2.05) is 0 Å². The van der Waals surface area contributed by atoms with E-state index in [0.29, 0.717) is 16.3 Å². The minimum atomic E-state index is -0.223. The second kappa shape index (κ2) is 7.25. The molecule has 16 heavy (non-hydrogen) atoms. The summed E-state index contributed by atoms with van der Waals surface area (Å²) in [6.45, 7) is 3.85. The van der Waals surface area contributed by atoms with Crippen LogP contribution in [0.1, 0.15) is 18.9 Å². The molecule has 0 aliphatic carbocycles. The van der Waals surface area contributed by atoms with Gasteiger partial charge in [0.2, 0.25) is 0 Å². The minimum absolute atomic E-state index is 0.223. The maximum atomic E-state index is 13.0. The van der Waals surface area contributed by atoms with Gasteiger partial charge in [0.05, 0.1) is 4.47 Å². The first-order chi connectivity index (χ1) is 7.63. The molecule has 1 nitrogen and oxygen atoms in total. The fourth-order valence-electron chi connectivity index (χ4n) is 1.40. The molecule has 1 atom stereocenters. The molecule has 0 spiro atoms. The molecule has 0 heterocycles. The van der Waals surface area contributed by atoms with E-state index in [-0.39, 0.29) is 5.82 Å². The Balaban J connectivity index is 2.34. The van der Waals surface area contributed by atoms with Gasteiger partial charge in [0, 0.05) is 12.4 Å². The lowest BCUT2D eigenvalue weighted by molar-refractivity contribution is 0.501. The van der Waals surface area contributed by atoms with Crippen molar-refractivity contribution in [2.75, 3.05) is 12.4 Å². The summed E-state index contributed by atoms with van der Waals surface area (Å²) in [7, 11) is 0. The third kappa shape index (κ3) is 4.81. The molecule has 0 radical (unpaired) electrons. The lowest BCUT2D eigenvalue weighted by Crippen LogP contribution is -2.21. The van der Waals surface area contributed by atoms with E-state index in [1.165, 1.54) is 6.07 Å². The number of benzene rings is 1. The third-order valence-corrected chi connectivity index (χ3v) is 3.23. The normalized spacial score (nSPS) is 12.8. The minimum Gasteiger partial charge on any atom is -0.312 e. The molecule has 0 amide bonds. The first-order valence-corrected chi connectivity index (χ1v) is 6.67. The summed E-state index contributed by atoms with van der Waals surface area (Å²) in [5.41, 5.74) is 1.08. The summed E-state index contributed by atoms with van der Waals surface area (Å²) >= 11 is 8.83. The van der Waals surface area contributed by atoms with Crippen LogP contribution in [0.25, 0.3) is 0 Å². The van der Waals surface area contributed by atoms with Gasteiger partial charge in [-0.2, -0.15) is 0 Å². The molecule has 0 aromatic heterocycles. The highest BCUT2D eigenvalue weighted by Gasteiger charge is 2.02. The van der Waals surface area contributed by atoms with Gasteiger partial charge in [-0.1, -0.05) is 13.0 Å². The summed E-state index contributed by atoms with van der Waals surface area (Å²) in [5.74, 6) is 1.05. The molecule has 0 saturated heterocycles. The monoisotopic (exact) mass is 307 g/mol. The van der Waals surface area contributed by atoms with Crippen LogP contribution < -0.4 is 5.32 Å². The molecule has 1 rings (SSSR count). The Hall–Kier alpha value is -0.120. The van der Waals surface area contributed by atoms with Crippen LogP contribution in [0, 0.1) is 11.7 Å². The van der Waals surface area contributed by atoms with E-state index >= 15 is 0 Å². The van der Waals surface area contributed by atoms with Crippen molar-refractivity contribution in [1.29, 1.82) is 0 Å². The molecule has 0 fully saturated rings. The zero-order valence-electron chi connectivity index (χ0n) is 9.27. The number of nitrogens with one attached hydrogen (secondary N) is 1. The van der Waals surface area contributed by atoms with Crippen molar-refractivity contribution in [1.82, 2.24) is 5.32 Å². The second-order valence-corrected chi connectivity index (χ2v) is 5.19. The third-order valence-electron chi connectivity index (χ3n) is 2.41. The molecule has 0 bridgehead atoms.